The summed E-state index contributed by atoms with van der Waals surface area (Å²) in [4.78, 5) is 22.8. The van der Waals surface area contributed by atoms with Crippen molar-refractivity contribution >= 4 is 17.7 Å². The molecule has 0 radical (unpaired) electrons. The second kappa shape index (κ2) is 8.68. The van der Waals surface area contributed by atoms with Gasteiger partial charge >= 0.3 is 5.97 Å². The quantitative estimate of drug-likeness (QED) is 0.453. The van der Waals surface area contributed by atoms with Crippen LogP contribution in [0.5, 0.6) is 5.75 Å². The average molecular weight is 380 g/mol. The molecular weight excluding hydrogens is 360 g/mol. The molecular formula is C21H20N2O3S. The van der Waals surface area contributed by atoms with Gasteiger partial charge < -0.3 is 9.47 Å². The number of carbonyl (C=O) groups is 1. The maximum Gasteiger partial charge on any atom is 0.342 e. The van der Waals surface area contributed by atoms with E-state index < -0.39 is 5.97 Å². The number of methoxy groups -OCH3 is 1. The van der Waals surface area contributed by atoms with E-state index in [0.29, 0.717) is 27.9 Å². The van der Waals surface area contributed by atoms with E-state index in [4.69, 9.17) is 9.47 Å². The topological polar surface area (TPSA) is 61.3 Å². The number of nitrogens with zero attached hydrogens (tertiary/aromatic N) is 2. The summed E-state index contributed by atoms with van der Waals surface area (Å²) in [5.74, 6) is 0.264. The summed E-state index contributed by atoms with van der Waals surface area (Å²) >= 11 is 1.45. The van der Waals surface area contributed by atoms with Gasteiger partial charge in [0.25, 0.3) is 0 Å². The minimum atomic E-state index is -0.427. The molecule has 0 aliphatic carbocycles. The molecule has 0 spiro atoms. The molecule has 0 atom stereocenters. The molecule has 0 saturated heterocycles. The Hall–Kier alpha value is -2.86. The average Bonchev–Trinajstić information content (AvgIpc) is 2.68. The van der Waals surface area contributed by atoms with Crippen molar-refractivity contribution in [2.24, 2.45) is 0 Å². The van der Waals surface area contributed by atoms with E-state index in [-0.39, 0.29) is 6.61 Å². The fourth-order valence-corrected chi connectivity index (χ4v) is 3.44. The summed E-state index contributed by atoms with van der Waals surface area (Å²) in [7, 11) is 1.60. The molecule has 5 nitrogen and oxygen atoms in total. The Balaban J connectivity index is 2.12. The fourth-order valence-electron chi connectivity index (χ4n) is 2.61. The third kappa shape index (κ3) is 4.46. The van der Waals surface area contributed by atoms with Crippen LogP contribution in [0.2, 0.25) is 0 Å². The number of hydrogen-bond acceptors (Lipinski definition) is 6. The number of rotatable bonds is 6. The number of benzene rings is 2. The Morgan fingerprint density at radius 3 is 2.56 bits per heavy atom. The van der Waals surface area contributed by atoms with Gasteiger partial charge in [0.2, 0.25) is 0 Å². The predicted molar refractivity (Wildman–Crippen MR) is 105 cm³/mol. The summed E-state index contributed by atoms with van der Waals surface area (Å²) in [5, 5.41) is 0.574. The highest BCUT2D eigenvalue weighted by molar-refractivity contribution is 7.99. The lowest BCUT2D eigenvalue weighted by molar-refractivity contribution is 0.0525. The van der Waals surface area contributed by atoms with Crippen molar-refractivity contribution in [2.45, 2.75) is 23.9 Å². The van der Waals surface area contributed by atoms with Crippen LogP contribution >= 0.6 is 11.8 Å². The zero-order valence-electron chi connectivity index (χ0n) is 15.4. The number of esters is 1. The standard InChI is InChI=1S/C21H20N2O3S/c1-4-26-20(24)18-14(2)22-21(27-17-11-6-5-7-12-17)23-19(18)15-9-8-10-16(13-15)25-3/h5-13H,4H2,1-3H3. The molecule has 0 amide bonds. The summed E-state index contributed by atoms with van der Waals surface area (Å²) in [5.41, 5.74) is 2.28. The summed E-state index contributed by atoms with van der Waals surface area (Å²) < 4.78 is 10.5. The van der Waals surface area contributed by atoms with Gasteiger partial charge in [-0.05, 0) is 49.9 Å². The van der Waals surface area contributed by atoms with E-state index in [2.05, 4.69) is 9.97 Å². The number of ether oxygens (including phenoxy) is 2. The van der Waals surface area contributed by atoms with Crippen molar-refractivity contribution in [3.8, 4) is 17.0 Å². The molecule has 0 N–H and O–H groups in total. The van der Waals surface area contributed by atoms with E-state index in [1.807, 2.05) is 54.6 Å². The van der Waals surface area contributed by atoms with Crippen LogP contribution in [-0.4, -0.2) is 29.7 Å². The predicted octanol–water partition coefficient (Wildman–Crippen LogP) is 4.79. The van der Waals surface area contributed by atoms with Gasteiger partial charge in [0, 0.05) is 10.5 Å². The van der Waals surface area contributed by atoms with Gasteiger partial charge in [-0.15, -0.1) is 0 Å². The van der Waals surface area contributed by atoms with E-state index in [1.165, 1.54) is 11.8 Å². The molecule has 0 unspecified atom stereocenters. The number of aryl methyl sites for hydroxylation is 1. The third-order valence-corrected chi connectivity index (χ3v) is 4.72. The van der Waals surface area contributed by atoms with Crippen molar-refractivity contribution in [3.63, 3.8) is 0 Å². The van der Waals surface area contributed by atoms with E-state index in [9.17, 15) is 4.79 Å². The molecule has 3 rings (SSSR count). The van der Waals surface area contributed by atoms with Gasteiger partial charge in [0.05, 0.1) is 25.1 Å². The summed E-state index contributed by atoms with van der Waals surface area (Å²) in [6, 6.07) is 17.3. The van der Waals surface area contributed by atoms with Crippen LogP contribution in [-0.2, 0) is 4.74 Å². The molecule has 2 aromatic carbocycles. The monoisotopic (exact) mass is 380 g/mol. The van der Waals surface area contributed by atoms with Gasteiger partial charge in [-0.1, -0.05) is 30.3 Å². The fraction of sp³-hybridized carbons (Fsp3) is 0.190. The lowest BCUT2D eigenvalue weighted by Gasteiger charge is -2.13. The van der Waals surface area contributed by atoms with Gasteiger partial charge in [-0.3, -0.25) is 0 Å². The summed E-state index contributed by atoms with van der Waals surface area (Å²) in [6.45, 7) is 3.86. The van der Waals surface area contributed by atoms with E-state index >= 15 is 0 Å². The molecule has 0 aliphatic heterocycles. The number of carbonyl (C=O) groups excluding carboxylic acids is 1. The Morgan fingerprint density at radius 1 is 1.07 bits per heavy atom. The highest BCUT2D eigenvalue weighted by Gasteiger charge is 2.21. The van der Waals surface area contributed by atoms with Gasteiger partial charge in [0.15, 0.2) is 5.16 Å². The van der Waals surface area contributed by atoms with Crippen molar-refractivity contribution in [1.82, 2.24) is 9.97 Å². The van der Waals surface area contributed by atoms with Crippen LogP contribution in [0.3, 0.4) is 0 Å². The van der Waals surface area contributed by atoms with Gasteiger partial charge in [-0.2, -0.15) is 0 Å². The third-order valence-electron chi connectivity index (χ3n) is 3.84. The smallest absolute Gasteiger partial charge is 0.342 e. The summed E-state index contributed by atoms with van der Waals surface area (Å²) in [6.07, 6.45) is 0. The maximum absolute atomic E-state index is 12.5. The van der Waals surface area contributed by atoms with Gasteiger partial charge in [-0.25, -0.2) is 14.8 Å². The molecule has 0 bridgehead atoms. The lowest BCUT2D eigenvalue weighted by Crippen LogP contribution is -2.12. The first kappa shape index (κ1) is 18.9. The van der Waals surface area contributed by atoms with E-state index in [0.717, 1.165) is 10.5 Å². The molecule has 1 aromatic heterocycles. The van der Waals surface area contributed by atoms with Crippen molar-refractivity contribution < 1.29 is 14.3 Å². The van der Waals surface area contributed by atoms with Crippen molar-refractivity contribution in [1.29, 1.82) is 0 Å². The first-order valence-corrected chi connectivity index (χ1v) is 9.37. The number of aromatic nitrogens is 2. The second-order valence-electron chi connectivity index (χ2n) is 5.68. The van der Waals surface area contributed by atoms with Crippen molar-refractivity contribution in [3.05, 3.63) is 65.9 Å². The SMILES string of the molecule is CCOC(=O)c1c(C)nc(Sc2ccccc2)nc1-c1cccc(OC)c1. The highest BCUT2D eigenvalue weighted by atomic mass is 32.2. The first-order valence-electron chi connectivity index (χ1n) is 8.55. The number of hydrogen-bond donors (Lipinski definition) is 0. The Kier molecular flexibility index (Phi) is 6.08. The normalized spacial score (nSPS) is 10.5. The largest absolute Gasteiger partial charge is 0.497 e. The molecule has 138 valence electrons. The Bertz CT molecular complexity index is 945. The minimum Gasteiger partial charge on any atom is -0.497 e. The zero-order chi connectivity index (χ0) is 19.2. The molecule has 1 heterocycles. The maximum atomic E-state index is 12.5. The second-order valence-corrected chi connectivity index (χ2v) is 6.72. The van der Waals surface area contributed by atoms with Crippen LogP contribution in [0.1, 0.15) is 23.0 Å². The first-order chi connectivity index (χ1) is 13.1. The molecule has 0 fully saturated rings. The molecule has 0 saturated carbocycles. The van der Waals surface area contributed by atoms with Crippen LogP contribution < -0.4 is 4.74 Å². The molecule has 27 heavy (non-hydrogen) atoms. The lowest BCUT2D eigenvalue weighted by atomic mass is 10.0. The van der Waals surface area contributed by atoms with Crippen LogP contribution in [0.4, 0.5) is 0 Å². The van der Waals surface area contributed by atoms with Crippen molar-refractivity contribution in [2.75, 3.05) is 13.7 Å². The van der Waals surface area contributed by atoms with Gasteiger partial charge in [0.1, 0.15) is 11.3 Å². The molecule has 3 aromatic rings. The van der Waals surface area contributed by atoms with E-state index in [1.54, 1.807) is 21.0 Å². The minimum absolute atomic E-state index is 0.288. The Morgan fingerprint density at radius 2 is 1.85 bits per heavy atom. The van der Waals surface area contributed by atoms with Crippen LogP contribution in [0, 0.1) is 6.92 Å². The van der Waals surface area contributed by atoms with Crippen LogP contribution in [0.25, 0.3) is 11.3 Å². The zero-order valence-corrected chi connectivity index (χ0v) is 16.2. The Labute approximate surface area is 162 Å². The highest BCUT2D eigenvalue weighted by Crippen LogP contribution is 2.31. The molecule has 0 aliphatic rings. The molecule has 6 heteroatoms. The van der Waals surface area contributed by atoms with Crippen LogP contribution in [0.15, 0.2) is 64.6 Å².